The van der Waals surface area contributed by atoms with Crippen LogP contribution in [0.3, 0.4) is 0 Å². The summed E-state index contributed by atoms with van der Waals surface area (Å²) < 4.78 is 10.4. The summed E-state index contributed by atoms with van der Waals surface area (Å²) in [5.74, 6) is 0.561. The van der Waals surface area contributed by atoms with E-state index in [2.05, 4.69) is 6.07 Å². The number of ether oxygens (including phenoxy) is 2. The number of methoxy groups -OCH3 is 2. The minimum atomic E-state index is -0.816. The predicted molar refractivity (Wildman–Crippen MR) is 77.0 cm³/mol. The van der Waals surface area contributed by atoms with Gasteiger partial charge in [0.2, 0.25) is 0 Å². The second kappa shape index (κ2) is 3.55. The van der Waals surface area contributed by atoms with Crippen LogP contribution in [0.5, 0.6) is 0 Å². The normalized spacial score (nSPS) is 45.2. The molecule has 0 amide bonds. The van der Waals surface area contributed by atoms with Crippen LogP contribution in [0.15, 0.2) is 24.3 Å². The summed E-state index contributed by atoms with van der Waals surface area (Å²) in [6.07, 6.45) is 2.02. The summed E-state index contributed by atoms with van der Waals surface area (Å²) in [5.41, 5.74) is 0.783. The molecule has 4 heteroatoms. The molecule has 0 N–H and O–H groups in total. The first-order chi connectivity index (χ1) is 10.7. The van der Waals surface area contributed by atoms with Crippen molar-refractivity contribution in [2.24, 2.45) is 23.2 Å². The molecule has 4 fully saturated rings. The quantitative estimate of drug-likeness (QED) is 0.784. The van der Waals surface area contributed by atoms with Gasteiger partial charge in [-0.3, -0.25) is 9.59 Å². The van der Waals surface area contributed by atoms with E-state index in [-0.39, 0.29) is 29.7 Å². The Labute approximate surface area is 128 Å². The Morgan fingerprint density at radius 3 is 2.45 bits per heavy atom. The maximum absolute atomic E-state index is 13.0. The highest BCUT2D eigenvalue weighted by molar-refractivity contribution is 6.00. The van der Waals surface area contributed by atoms with Gasteiger partial charge < -0.3 is 9.47 Å². The molecule has 6 atom stereocenters. The Balaban J connectivity index is 1.85. The molecule has 4 saturated carbocycles. The van der Waals surface area contributed by atoms with Gasteiger partial charge in [0.15, 0.2) is 0 Å². The number of hydrogen-bond acceptors (Lipinski definition) is 4. The summed E-state index contributed by atoms with van der Waals surface area (Å²) in [6.45, 7) is 0. The molecule has 0 spiro atoms. The number of rotatable bonds is 2. The Kier molecular flexibility index (Phi) is 2.05. The van der Waals surface area contributed by atoms with Crippen molar-refractivity contribution in [3.63, 3.8) is 0 Å². The fourth-order valence-electron chi connectivity index (χ4n) is 6.75. The second-order valence-corrected chi connectivity index (χ2v) is 7.09. The molecule has 1 aromatic carbocycles. The summed E-state index contributed by atoms with van der Waals surface area (Å²) in [7, 11) is 2.87. The topological polar surface area (TPSA) is 52.6 Å². The molecule has 114 valence electrons. The number of carbonyl (C=O) groups is 2. The molecule has 22 heavy (non-hydrogen) atoms. The smallest absolute Gasteiger partial charge is 0.317 e. The molecule has 0 aliphatic heterocycles. The van der Waals surface area contributed by atoms with E-state index in [0.29, 0.717) is 5.92 Å². The maximum Gasteiger partial charge on any atom is 0.317 e. The summed E-state index contributed by atoms with van der Waals surface area (Å²) in [5, 5.41) is 0. The number of benzene rings is 1. The minimum absolute atomic E-state index is 0.187. The number of fused-ring (bicyclic) bond motifs is 2. The molecular weight excluding hydrogens is 280 g/mol. The standard InChI is InChI=1S/C18H18O4/c1-21-15(19)17-10-6-4-3-5-9(10)13-11(17)7-8-12-14(13)18(12,17)16(20)22-2/h3-6,11-14H,7-8H2,1-2H3. The zero-order valence-electron chi connectivity index (χ0n) is 12.7. The van der Waals surface area contributed by atoms with Crippen LogP contribution in [0.25, 0.3) is 0 Å². The van der Waals surface area contributed by atoms with E-state index in [4.69, 9.17) is 9.47 Å². The van der Waals surface area contributed by atoms with Crippen LogP contribution in [-0.2, 0) is 24.5 Å². The second-order valence-electron chi connectivity index (χ2n) is 7.09. The van der Waals surface area contributed by atoms with Crippen molar-refractivity contribution in [1.29, 1.82) is 0 Å². The van der Waals surface area contributed by atoms with Crippen molar-refractivity contribution in [3.8, 4) is 0 Å². The van der Waals surface area contributed by atoms with Crippen molar-refractivity contribution < 1.29 is 19.1 Å². The van der Waals surface area contributed by atoms with Crippen LogP contribution in [0.1, 0.15) is 29.9 Å². The number of esters is 2. The van der Waals surface area contributed by atoms with E-state index < -0.39 is 10.8 Å². The molecule has 6 bridgehead atoms. The average Bonchev–Trinajstić information content (AvgIpc) is 3.11. The molecule has 5 aliphatic rings. The van der Waals surface area contributed by atoms with Crippen molar-refractivity contribution in [2.75, 3.05) is 14.2 Å². The molecule has 0 aromatic heterocycles. The predicted octanol–water partition coefficient (Wildman–Crippen LogP) is 2.02. The van der Waals surface area contributed by atoms with Gasteiger partial charge in [-0.25, -0.2) is 0 Å². The summed E-state index contributed by atoms with van der Waals surface area (Å²) >= 11 is 0. The molecule has 6 rings (SSSR count). The van der Waals surface area contributed by atoms with E-state index in [1.54, 1.807) is 0 Å². The first kappa shape index (κ1) is 12.7. The third-order valence-corrected chi connectivity index (χ3v) is 7.03. The molecule has 6 unspecified atom stereocenters. The summed E-state index contributed by atoms with van der Waals surface area (Å²) in [4.78, 5) is 25.7. The van der Waals surface area contributed by atoms with E-state index >= 15 is 0 Å². The lowest BCUT2D eigenvalue weighted by molar-refractivity contribution is -0.166. The Bertz CT molecular complexity index is 726. The van der Waals surface area contributed by atoms with Crippen molar-refractivity contribution in [3.05, 3.63) is 35.4 Å². The molecule has 4 nitrogen and oxygen atoms in total. The molecule has 0 radical (unpaired) electrons. The van der Waals surface area contributed by atoms with Gasteiger partial charge in [-0.1, -0.05) is 24.3 Å². The fraction of sp³-hybridized carbons (Fsp3) is 0.556. The Hall–Kier alpha value is -1.84. The number of carbonyl (C=O) groups excluding carboxylic acids is 2. The van der Waals surface area contributed by atoms with E-state index in [0.717, 1.165) is 18.4 Å². The minimum Gasteiger partial charge on any atom is -0.469 e. The van der Waals surface area contributed by atoms with Crippen LogP contribution in [0.2, 0.25) is 0 Å². The zero-order valence-corrected chi connectivity index (χ0v) is 12.7. The molecule has 0 heterocycles. The molecule has 1 aromatic rings. The van der Waals surface area contributed by atoms with E-state index in [1.807, 2.05) is 18.2 Å². The average molecular weight is 298 g/mol. The third kappa shape index (κ3) is 0.898. The van der Waals surface area contributed by atoms with Gasteiger partial charge in [0.25, 0.3) is 0 Å². The lowest BCUT2D eigenvalue weighted by Gasteiger charge is -2.42. The van der Waals surface area contributed by atoms with E-state index in [1.165, 1.54) is 19.8 Å². The molecule has 5 aliphatic carbocycles. The van der Waals surface area contributed by atoms with Gasteiger partial charge in [-0.05, 0) is 47.6 Å². The lowest BCUT2D eigenvalue weighted by atomic mass is 9.59. The van der Waals surface area contributed by atoms with Crippen molar-refractivity contribution in [2.45, 2.75) is 24.2 Å². The highest BCUT2D eigenvalue weighted by Crippen LogP contribution is 2.90. The fourth-order valence-corrected chi connectivity index (χ4v) is 6.75. The summed E-state index contributed by atoms with van der Waals surface area (Å²) in [6, 6.07) is 8.13. The first-order valence-electron chi connectivity index (χ1n) is 7.93. The van der Waals surface area contributed by atoms with Gasteiger partial charge in [-0.2, -0.15) is 0 Å². The Morgan fingerprint density at radius 2 is 1.73 bits per heavy atom. The largest absolute Gasteiger partial charge is 0.469 e. The highest BCUT2D eigenvalue weighted by atomic mass is 16.5. The van der Waals surface area contributed by atoms with Crippen LogP contribution in [0.4, 0.5) is 0 Å². The van der Waals surface area contributed by atoms with Crippen LogP contribution in [-0.4, -0.2) is 26.2 Å². The van der Waals surface area contributed by atoms with Crippen LogP contribution >= 0.6 is 0 Å². The van der Waals surface area contributed by atoms with Gasteiger partial charge in [0.05, 0.1) is 19.6 Å². The van der Waals surface area contributed by atoms with Gasteiger partial charge in [0.1, 0.15) is 5.41 Å². The number of hydrogen-bond donors (Lipinski definition) is 0. The monoisotopic (exact) mass is 298 g/mol. The van der Waals surface area contributed by atoms with Gasteiger partial charge >= 0.3 is 11.9 Å². The van der Waals surface area contributed by atoms with Gasteiger partial charge in [-0.15, -0.1) is 0 Å². The third-order valence-electron chi connectivity index (χ3n) is 7.03. The van der Waals surface area contributed by atoms with E-state index in [9.17, 15) is 9.59 Å². The lowest BCUT2D eigenvalue weighted by Crippen LogP contribution is -2.53. The Morgan fingerprint density at radius 1 is 1.05 bits per heavy atom. The molecule has 0 saturated heterocycles. The highest BCUT2D eigenvalue weighted by Gasteiger charge is 2.94. The van der Waals surface area contributed by atoms with Crippen molar-refractivity contribution >= 4 is 11.9 Å². The van der Waals surface area contributed by atoms with Gasteiger partial charge in [0, 0.05) is 0 Å². The maximum atomic E-state index is 13.0. The first-order valence-corrected chi connectivity index (χ1v) is 7.93. The van der Waals surface area contributed by atoms with Crippen molar-refractivity contribution in [1.82, 2.24) is 0 Å². The SMILES string of the molecule is COC(=O)C12c3ccccc3C3C1CCC1C3C12C(=O)OC. The van der Waals surface area contributed by atoms with Crippen LogP contribution < -0.4 is 0 Å². The van der Waals surface area contributed by atoms with Crippen LogP contribution in [0, 0.1) is 23.2 Å². The zero-order chi connectivity index (χ0) is 15.3. The molecular formula is C18H18O4.